The molecule has 0 unspecified atom stereocenters. The third-order valence-electron chi connectivity index (χ3n) is 8.06. The van der Waals surface area contributed by atoms with Crippen LogP contribution in [0, 0.1) is 25.6 Å². The molecule has 0 saturated heterocycles. The molecule has 0 amide bonds. The van der Waals surface area contributed by atoms with E-state index in [1.807, 2.05) is 60.0 Å². The Bertz CT molecular complexity index is 2450. The van der Waals surface area contributed by atoms with Crippen LogP contribution in [0.1, 0.15) is 31.2 Å². The first-order valence-electron chi connectivity index (χ1n) is 14.1. The van der Waals surface area contributed by atoms with Crippen molar-refractivity contribution in [2.24, 2.45) is 0 Å². The maximum Gasteiger partial charge on any atom is 2.00 e. The Morgan fingerprint density at radius 3 is 2.43 bits per heavy atom. The fraction of sp³-hybridized carbons (Fsp3) is 0.111. The van der Waals surface area contributed by atoms with Gasteiger partial charge in [-0.1, -0.05) is 61.1 Å². The molecule has 0 fully saturated rings. The summed E-state index contributed by atoms with van der Waals surface area (Å²) in [5.74, 6) is 3.04. The number of para-hydroxylation sites is 1. The number of aromatic nitrogens is 5. The van der Waals surface area contributed by atoms with E-state index >= 15 is 0 Å². The monoisotopic (exact) mass is 751 g/mol. The number of fused-ring (bicyclic) bond motifs is 9. The van der Waals surface area contributed by atoms with Gasteiger partial charge in [0.05, 0.1) is 12.2 Å². The minimum absolute atomic E-state index is 0. The SMILES string of the molecule is [C-]#[N+]c1cccc2c1c1ccc(Oc3[c-]c4c(cc3)c3ccccc3n4-c3cc(C(C)C)ccn3)[c-]c1c1nnc(C)n21.[Pt+2]. The van der Waals surface area contributed by atoms with Crippen LogP contribution in [0.4, 0.5) is 5.69 Å². The van der Waals surface area contributed by atoms with Crippen LogP contribution in [0.2, 0.25) is 0 Å². The summed E-state index contributed by atoms with van der Waals surface area (Å²) in [6, 6.07) is 33.1. The Balaban J connectivity index is 0.00000312. The Kier molecular flexibility index (Phi) is 6.68. The van der Waals surface area contributed by atoms with Crippen molar-refractivity contribution in [2.45, 2.75) is 26.7 Å². The number of benzene rings is 4. The molecule has 8 heteroatoms. The number of hydrogen-bond donors (Lipinski definition) is 0. The van der Waals surface area contributed by atoms with E-state index in [9.17, 15) is 0 Å². The molecule has 8 rings (SSSR count). The summed E-state index contributed by atoms with van der Waals surface area (Å²) in [7, 11) is 0. The summed E-state index contributed by atoms with van der Waals surface area (Å²) in [5.41, 5.74) is 5.30. The van der Waals surface area contributed by atoms with Gasteiger partial charge >= 0.3 is 21.1 Å². The third-order valence-corrected chi connectivity index (χ3v) is 8.06. The molecule has 4 aromatic carbocycles. The molecule has 7 nitrogen and oxygen atoms in total. The first-order valence-corrected chi connectivity index (χ1v) is 14.1. The predicted molar refractivity (Wildman–Crippen MR) is 169 cm³/mol. The van der Waals surface area contributed by atoms with Gasteiger partial charge in [0.15, 0.2) is 5.69 Å². The predicted octanol–water partition coefficient (Wildman–Crippen LogP) is 8.90. The molecule has 4 heterocycles. The number of aryl methyl sites for hydroxylation is 1. The molecule has 0 spiro atoms. The maximum atomic E-state index is 7.77. The fourth-order valence-electron chi connectivity index (χ4n) is 6.02. The average Bonchev–Trinajstić information content (AvgIpc) is 3.58. The average molecular weight is 752 g/mol. The minimum atomic E-state index is 0. The van der Waals surface area contributed by atoms with Gasteiger partial charge in [0.2, 0.25) is 0 Å². The third kappa shape index (κ3) is 4.17. The Labute approximate surface area is 267 Å². The summed E-state index contributed by atoms with van der Waals surface area (Å²) in [5, 5.41) is 13.5. The molecule has 8 aromatic rings. The van der Waals surface area contributed by atoms with Gasteiger partial charge in [-0.3, -0.25) is 0 Å². The van der Waals surface area contributed by atoms with Gasteiger partial charge in [-0.05, 0) is 53.4 Å². The normalized spacial score (nSPS) is 11.5. The van der Waals surface area contributed by atoms with E-state index in [4.69, 9.17) is 16.3 Å². The van der Waals surface area contributed by atoms with Crippen molar-refractivity contribution in [1.82, 2.24) is 24.1 Å². The van der Waals surface area contributed by atoms with Gasteiger partial charge in [0, 0.05) is 28.7 Å². The van der Waals surface area contributed by atoms with Crippen molar-refractivity contribution in [2.75, 3.05) is 0 Å². The smallest absolute Gasteiger partial charge is 0.503 e. The molecule has 0 radical (unpaired) electrons. The van der Waals surface area contributed by atoms with E-state index in [1.54, 1.807) is 0 Å². The summed E-state index contributed by atoms with van der Waals surface area (Å²) >= 11 is 0. The van der Waals surface area contributed by atoms with E-state index < -0.39 is 0 Å². The number of rotatable bonds is 4. The van der Waals surface area contributed by atoms with Crippen LogP contribution in [0.3, 0.4) is 0 Å². The summed E-state index contributed by atoms with van der Waals surface area (Å²) in [6.07, 6.45) is 1.87. The number of hydrogen-bond acceptors (Lipinski definition) is 4. The van der Waals surface area contributed by atoms with Gasteiger partial charge in [-0.25, -0.2) is 9.83 Å². The first kappa shape index (κ1) is 27.8. The van der Waals surface area contributed by atoms with Crippen molar-refractivity contribution < 1.29 is 25.8 Å². The van der Waals surface area contributed by atoms with Crippen LogP contribution in [-0.2, 0) is 21.1 Å². The van der Waals surface area contributed by atoms with Crippen LogP contribution >= 0.6 is 0 Å². The summed E-state index contributed by atoms with van der Waals surface area (Å²) in [6.45, 7) is 14.0. The quantitative estimate of drug-likeness (QED) is 0.133. The second kappa shape index (κ2) is 10.6. The van der Waals surface area contributed by atoms with Crippen LogP contribution < -0.4 is 4.74 Å². The van der Waals surface area contributed by atoms with Gasteiger partial charge in [0.1, 0.15) is 11.6 Å². The molecule has 0 N–H and O–H groups in total. The zero-order valence-electron chi connectivity index (χ0n) is 24.1. The zero-order valence-corrected chi connectivity index (χ0v) is 26.3. The molecule has 0 atom stereocenters. The minimum Gasteiger partial charge on any atom is -0.503 e. The molecule has 44 heavy (non-hydrogen) atoms. The molecule has 214 valence electrons. The summed E-state index contributed by atoms with van der Waals surface area (Å²) in [4.78, 5) is 8.54. The second-order valence-electron chi connectivity index (χ2n) is 10.9. The van der Waals surface area contributed by atoms with Crippen LogP contribution in [0.5, 0.6) is 11.5 Å². The largest absolute Gasteiger partial charge is 2.00 e. The van der Waals surface area contributed by atoms with E-state index in [-0.39, 0.29) is 21.1 Å². The van der Waals surface area contributed by atoms with Crippen molar-refractivity contribution in [3.63, 3.8) is 0 Å². The molecule has 0 aliphatic heterocycles. The van der Waals surface area contributed by atoms with Gasteiger partial charge in [-0.2, -0.15) is 11.2 Å². The molecule has 0 saturated carbocycles. The van der Waals surface area contributed by atoms with Crippen LogP contribution in [-0.4, -0.2) is 24.1 Å². The van der Waals surface area contributed by atoms with Gasteiger partial charge in [0.25, 0.3) is 0 Å². The van der Waals surface area contributed by atoms with E-state index in [2.05, 4.69) is 82.0 Å². The fourth-order valence-corrected chi connectivity index (χ4v) is 6.02. The van der Waals surface area contributed by atoms with E-state index in [0.717, 1.165) is 55.1 Å². The van der Waals surface area contributed by atoms with Gasteiger partial charge in [-0.15, -0.1) is 40.1 Å². The van der Waals surface area contributed by atoms with Crippen molar-refractivity contribution in [3.05, 3.63) is 120 Å². The molecule has 4 aromatic heterocycles. The molecular weight excluding hydrogens is 728 g/mol. The zero-order chi connectivity index (χ0) is 29.2. The number of ether oxygens (including phenoxy) is 1. The Hall–Kier alpha value is -5.05. The van der Waals surface area contributed by atoms with Crippen LogP contribution in [0.15, 0.2) is 85.1 Å². The molecule has 0 aliphatic carbocycles. The van der Waals surface area contributed by atoms with Crippen molar-refractivity contribution >= 4 is 54.8 Å². The maximum absolute atomic E-state index is 7.77. The second-order valence-corrected chi connectivity index (χ2v) is 10.9. The Morgan fingerprint density at radius 1 is 0.841 bits per heavy atom. The molecule has 0 aliphatic rings. The standard InChI is InChI=1S/C36H24N6O.Pt/c1-21(2)23-16-17-38-34(18-23)42-31-10-6-5-8-26(31)27-14-12-25(20-33(27)42)43-24-13-15-28-29(19-24)36-40-39-22(3)41(36)32-11-7-9-30(37-4)35(28)32;/h5-18,21H,1-3H3;/q-2;+2. The molecular formula is C36H24N6OPt. The van der Waals surface area contributed by atoms with Crippen molar-refractivity contribution in [1.29, 1.82) is 0 Å². The molecule has 0 bridgehead atoms. The first-order chi connectivity index (χ1) is 21.0. The topological polar surface area (TPSA) is 61.6 Å². The Morgan fingerprint density at radius 2 is 1.61 bits per heavy atom. The van der Waals surface area contributed by atoms with Gasteiger partial charge < -0.3 is 13.7 Å². The van der Waals surface area contributed by atoms with Crippen LogP contribution in [0.25, 0.3) is 59.8 Å². The number of pyridine rings is 2. The summed E-state index contributed by atoms with van der Waals surface area (Å²) < 4.78 is 10.5. The van der Waals surface area contributed by atoms with E-state index in [0.29, 0.717) is 28.8 Å². The van der Waals surface area contributed by atoms with E-state index in [1.165, 1.54) is 5.56 Å². The van der Waals surface area contributed by atoms with Crippen molar-refractivity contribution in [3.8, 4) is 17.3 Å². The number of nitrogens with zero attached hydrogens (tertiary/aromatic N) is 6.